The summed E-state index contributed by atoms with van der Waals surface area (Å²) in [6.07, 6.45) is 17.7. The minimum atomic E-state index is -0.0621. The lowest BCUT2D eigenvalue weighted by Crippen LogP contribution is -2.28. The lowest BCUT2D eigenvalue weighted by atomic mass is 9.82. The Kier molecular flexibility index (Phi) is 18.3. The molecule has 0 amide bonds. The van der Waals surface area contributed by atoms with E-state index >= 15 is 0 Å². The van der Waals surface area contributed by atoms with E-state index < -0.39 is 0 Å². The normalized spacial score (nSPS) is 21.4. The number of ether oxygens (including phenoxy) is 2. The topological polar surface area (TPSA) is 52.6 Å². The Morgan fingerprint density at radius 3 is 1.17 bits per heavy atom. The Balaban J connectivity index is 2.10. The number of rotatable bonds is 20. The van der Waals surface area contributed by atoms with Crippen molar-refractivity contribution in [3.05, 3.63) is 0 Å². The fourth-order valence-corrected chi connectivity index (χ4v) is 5.19. The summed E-state index contributed by atoms with van der Waals surface area (Å²) in [6.45, 7) is 14.8. The van der Waals surface area contributed by atoms with Gasteiger partial charge in [-0.25, -0.2) is 0 Å². The zero-order valence-corrected chi connectivity index (χ0v) is 24.8. The molecule has 4 nitrogen and oxygen atoms in total. The van der Waals surface area contributed by atoms with Crippen LogP contribution in [0.4, 0.5) is 0 Å². The molecule has 1 aliphatic rings. The van der Waals surface area contributed by atoms with E-state index in [0.29, 0.717) is 25.0 Å². The van der Waals surface area contributed by atoms with Crippen LogP contribution in [-0.4, -0.2) is 25.2 Å². The average Bonchev–Trinajstić information content (AvgIpc) is 2.88. The van der Waals surface area contributed by atoms with Crippen LogP contribution in [0.5, 0.6) is 0 Å². The molecule has 0 radical (unpaired) electrons. The fourth-order valence-electron chi connectivity index (χ4n) is 5.19. The van der Waals surface area contributed by atoms with Gasteiger partial charge in [-0.2, -0.15) is 0 Å². The summed E-state index contributed by atoms with van der Waals surface area (Å²) in [5.74, 6) is 2.66. The molecule has 1 rings (SSSR count). The van der Waals surface area contributed by atoms with Gasteiger partial charge in [0.15, 0.2) is 0 Å². The minimum absolute atomic E-state index is 0.0460. The first-order valence-electron chi connectivity index (χ1n) is 15.6. The van der Waals surface area contributed by atoms with Gasteiger partial charge in [0, 0.05) is 0 Å². The van der Waals surface area contributed by atoms with Crippen molar-refractivity contribution in [3.8, 4) is 0 Å². The predicted octanol–water partition coefficient (Wildman–Crippen LogP) is 9.14. The second-order valence-electron chi connectivity index (χ2n) is 12.3. The molecule has 0 aromatic heterocycles. The van der Waals surface area contributed by atoms with Crippen molar-refractivity contribution in [2.75, 3.05) is 13.2 Å². The van der Waals surface area contributed by atoms with E-state index in [-0.39, 0.29) is 23.8 Å². The monoisotopic (exact) mass is 508 g/mol. The Bertz CT molecular complexity index is 517. The number of esters is 2. The van der Waals surface area contributed by atoms with E-state index in [1.165, 1.54) is 64.2 Å². The van der Waals surface area contributed by atoms with Crippen molar-refractivity contribution in [3.63, 3.8) is 0 Å². The first kappa shape index (κ1) is 33.0. The van der Waals surface area contributed by atoms with Gasteiger partial charge in [0.2, 0.25) is 0 Å². The number of carbonyl (C=O) groups excluding carboxylic acids is 2. The van der Waals surface area contributed by atoms with Crippen LogP contribution in [-0.2, 0) is 19.1 Å². The van der Waals surface area contributed by atoms with Crippen LogP contribution in [0.25, 0.3) is 0 Å². The van der Waals surface area contributed by atoms with Crippen LogP contribution in [0.15, 0.2) is 0 Å². The Hall–Kier alpha value is -1.06. The molecule has 0 saturated heterocycles. The van der Waals surface area contributed by atoms with Crippen LogP contribution >= 0.6 is 0 Å². The molecule has 4 atom stereocenters. The molecule has 36 heavy (non-hydrogen) atoms. The van der Waals surface area contributed by atoms with Crippen LogP contribution in [0, 0.1) is 35.5 Å². The highest BCUT2D eigenvalue weighted by molar-refractivity contribution is 5.75. The van der Waals surface area contributed by atoms with Gasteiger partial charge in [-0.05, 0) is 62.2 Å². The summed E-state index contributed by atoms with van der Waals surface area (Å²) in [5, 5.41) is 0. The lowest BCUT2D eigenvalue weighted by Gasteiger charge is -2.26. The molecule has 1 saturated carbocycles. The number of carbonyl (C=O) groups is 2. The van der Waals surface area contributed by atoms with Crippen LogP contribution in [0.3, 0.4) is 0 Å². The van der Waals surface area contributed by atoms with Crippen molar-refractivity contribution in [1.82, 2.24) is 0 Å². The molecule has 212 valence electrons. The average molecular weight is 509 g/mol. The van der Waals surface area contributed by atoms with Crippen molar-refractivity contribution >= 4 is 11.9 Å². The molecule has 1 aliphatic carbocycles. The summed E-state index contributed by atoms with van der Waals surface area (Å²) in [5.41, 5.74) is 0. The highest BCUT2D eigenvalue weighted by Crippen LogP contribution is 2.31. The van der Waals surface area contributed by atoms with E-state index in [2.05, 4.69) is 41.5 Å². The second kappa shape index (κ2) is 20.0. The van der Waals surface area contributed by atoms with E-state index in [4.69, 9.17) is 9.47 Å². The molecule has 0 aliphatic heterocycles. The predicted molar refractivity (Wildman–Crippen MR) is 151 cm³/mol. The summed E-state index contributed by atoms with van der Waals surface area (Å²) >= 11 is 0. The maximum atomic E-state index is 12.5. The Labute approximate surface area is 224 Å². The first-order chi connectivity index (χ1) is 17.3. The maximum absolute atomic E-state index is 12.5. The molecule has 0 aromatic rings. The van der Waals surface area contributed by atoms with Gasteiger partial charge < -0.3 is 9.47 Å². The molecule has 0 heterocycles. The zero-order valence-electron chi connectivity index (χ0n) is 24.8. The molecular formula is C32H60O4. The second-order valence-corrected chi connectivity index (χ2v) is 12.3. The van der Waals surface area contributed by atoms with Crippen molar-refractivity contribution in [2.45, 2.75) is 144 Å². The zero-order chi connectivity index (χ0) is 26.8. The van der Waals surface area contributed by atoms with Gasteiger partial charge in [0.1, 0.15) is 0 Å². The number of unbranched alkanes of at least 4 members (excludes halogenated alkanes) is 2. The Morgan fingerprint density at radius 1 is 0.556 bits per heavy atom. The molecule has 0 aromatic carbocycles. The molecule has 0 bridgehead atoms. The summed E-state index contributed by atoms with van der Waals surface area (Å²) in [6, 6.07) is 0. The van der Waals surface area contributed by atoms with Gasteiger partial charge in [0.05, 0.1) is 25.0 Å². The highest BCUT2D eigenvalue weighted by Gasteiger charge is 2.31. The molecule has 0 N–H and O–H groups in total. The van der Waals surface area contributed by atoms with Crippen molar-refractivity contribution in [1.29, 1.82) is 0 Å². The van der Waals surface area contributed by atoms with E-state index in [1.54, 1.807) is 0 Å². The standard InChI is InChI=1S/C32H60O4/c1-7-25(3)13-9-11-15-27(5)21-23-35-31(33)29-17-19-30(20-18-29)32(34)36-24-22-28(6)16-12-10-14-26(4)8-2/h25-30H,7-24H2,1-6H3. The quantitative estimate of drug-likeness (QED) is 0.121. The van der Waals surface area contributed by atoms with Crippen LogP contribution < -0.4 is 0 Å². The summed E-state index contributed by atoms with van der Waals surface area (Å²) in [4.78, 5) is 25.0. The van der Waals surface area contributed by atoms with Gasteiger partial charge in [-0.15, -0.1) is 0 Å². The van der Waals surface area contributed by atoms with Crippen molar-refractivity contribution < 1.29 is 19.1 Å². The number of hydrogen-bond donors (Lipinski definition) is 0. The largest absolute Gasteiger partial charge is 0.465 e. The fraction of sp³-hybridized carbons (Fsp3) is 0.938. The molecule has 4 unspecified atom stereocenters. The molecule has 4 heteroatoms. The van der Waals surface area contributed by atoms with E-state index in [1.807, 2.05) is 0 Å². The summed E-state index contributed by atoms with van der Waals surface area (Å²) in [7, 11) is 0. The third-order valence-corrected chi connectivity index (χ3v) is 8.79. The van der Waals surface area contributed by atoms with Gasteiger partial charge in [0.25, 0.3) is 0 Å². The number of hydrogen-bond acceptors (Lipinski definition) is 4. The first-order valence-corrected chi connectivity index (χ1v) is 15.6. The van der Waals surface area contributed by atoms with E-state index in [9.17, 15) is 9.59 Å². The molecule has 1 fully saturated rings. The molecule has 0 spiro atoms. The third-order valence-electron chi connectivity index (χ3n) is 8.79. The highest BCUT2D eigenvalue weighted by atomic mass is 16.5. The SMILES string of the molecule is CCC(C)CCCCC(C)CCOC(=O)C1CCC(C(=O)OCCC(C)CCCCC(C)CC)CC1. The Morgan fingerprint density at radius 2 is 0.861 bits per heavy atom. The minimum Gasteiger partial charge on any atom is -0.465 e. The lowest BCUT2D eigenvalue weighted by molar-refractivity contribution is -0.155. The molecular weight excluding hydrogens is 448 g/mol. The third kappa shape index (κ3) is 15.3. The van der Waals surface area contributed by atoms with Crippen LogP contribution in [0.1, 0.15) is 144 Å². The van der Waals surface area contributed by atoms with Crippen molar-refractivity contribution in [2.24, 2.45) is 35.5 Å². The van der Waals surface area contributed by atoms with E-state index in [0.717, 1.165) is 50.4 Å². The van der Waals surface area contributed by atoms with Crippen LogP contribution in [0.2, 0.25) is 0 Å². The van der Waals surface area contributed by atoms with Gasteiger partial charge in [-0.3, -0.25) is 9.59 Å². The summed E-state index contributed by atoms with van der Waals surface area (Å²) < 4.78 is 11.2. The maximum Gasteiger partial charge on any atom is 0.308 e. The smallest absolute Gasteiger partial charge is 0.308 e. The van der Waals surface area contributed by atoms with Gasteiger partial charge in [-0.1, -0.05) is 106 Å². The van der Waals surface area contributed by atoms with Gasteiger partial charge >= 0.3 is 11.9 Å².